The summed E-state index contributed by atoms with van der Waals surface area (Å²) < 4.78 is 1.10. The van der Waals surface area contributed by atoms with E-state index in [4.69, 9.17) is 0 Å². The van der Waals surface area contributed by atoms with E-state index in [0.717, 1.165) is 23.5 Å². The van der Waals surface area contributed by atoms with Crippen LogP contribution in [-0.4, -0.2) is 40.2 Å². The second kappa shape index (κ2) is 5.77. The first-order chi connectivity index (χ1) is 9.66. The first-order valence-electron chi connectivity index (χ1n) is 6.85. The monoisotopic (exact) mass is 311 g/mol. The molecule has 0 radical (unpaired) electrons. The first-order valence-corrected chi connectivity index (χ1v) is 8.72. The van der Waals surface area contributed by atoms with Crippen molar-refractivity contribution in [1.29, 1.82) is 0 Å². The number of aliphatic carboxylic acids is 1. The highest BCUT2D eigenvalue weighted by Gasteiger charge is 2.49. The summed E-state index contributed by atoms with van der Waals surface area (Å²) in [5, 5.41) is 11.4. The van der Waals surface area contributed by atoms with Gasteiger partial charge in [-0.3, -0.25) is 4.79 Å². The molecule has 3 unspecified atom stereocenters. The predicted molar refractivity (Wildman–Crippen MR) is 79.0 cm³/mol. The van der Waals surface area contributed by atoms with E-state index in [1.165, 1.54) is 11.8 Å². The zero-order chi connectivity index (χ0) is 14.1. The molecular formula is C14H17NO3S2. The zero-order valence-corrected chi connectivity index (χ0v) is 12.7. The van der Waals surface area contributed by atoms with Crippen molar-refractivity contribution < 1.29 is 14.7 Å². The van der Waals surface area contributed by atoms with Crippen molar-refractivity contribution in [3.05, 3.63) is 17.5 Å². The summed E-state index contributed by atoms with van der Waals surface area (Å²) in [6.45, 7) is 0.630. The summed E-state index contributed by atoms with van der Waals surface area (Å²) in [6, 6.07) is 3.34. The maximum absolute atomic E-state index is 12.3. The molecule has 0 aromatic carbocycles. The Bertz CT molecular complexity index is 503. The Hall–Kier alpha value is -1.01. The fraction of sp³-hybridized carbons (Fsp3) is 0.571. The van der Waals surface area contributed by atoms with Gasteiger partial charge >= 0.3 is 5.97 Å². The fourth-order valence-corrected chi connectivity index (χ4v) is 5.11. The van der Waals surface area contributed by atoms with Crippen LogP contribution in [0.25, 0.3) is 0 Å². The van der Waals surface area contributed by atoms with Crippen LogP contribution in [0.4, 0.5) is 0 Å². The van der Waals surface area contributed by atoms with E-state index in [0.29, 0.717) is 18.2 Å². The molecule has 1 saturated carbocycles. The van der Waals surface area contributed by atoms with Crippen molar-refractivity contribution >= 4 is 35.0 Å². The van der Waals surface area contributed by atoms with E-state index >= 15 is 0 Å². The molecule has 1 aliphatic carbocycles. The number of rotatable bonds is 4. The standard InChI is InChI=1S/C14H17NO3S2/c16-11(8-20-12-5-2-6-19-12)15-7-9-3-1-4-10(9)13(15)14(17)18/h2,5-6,9-10,13H,1,3-4,7-8H2,(H,17,18). The molecule has 6 heteroatoms. The average molecular weight is 311 g/mol. The van der Waals surface area contributed by atoms with Gasteiger partial charge in [-0.15, -0.1) is 23.1 Å². The Morgan fingerprint density at radius 1 is 1.45 bits per heavy atom. The van der Waals surface area contributed by atoms with Crippen molar-refractivity contribution in [2.24, 2.45) is 11.8 Å². The molecule has 1 amide bonds. The van der Waals surface area contributed by atoms with Crippen molar-refractivity contribution in [2.45, 2.75) is 29.5 Å². The number of hydrogen-bond acceptors (Lipinski definition) is 4. The van der Waals surface area contributed by atoms with Crippen molar-refractivity contribution in [3.8, 4) is 0 Å². The highest BCUT2D eigenvalue weighted by molar-refractivity contribution is 8.01. The maximum atomic E-state index is 12.3. The lowest BCUT2D eigenvalue weighted by Gasteiger charge is -2.24. The van der Waals surface area contributed by atoms with E-state index < -0.39 is 12.0 Å². The summed E-state index contributed by atoms with van der Waals surface area (Å²) in [7, 11) is 0. The van der Waals surface area contributed by atoms with Crippen molar-refractivity contribution in [2.75, 3.05) is 12.3 Å². The van der Waals surface area contributed by atoms with Crippen LogP contribution < -0.4 is 0 Å². The summed E-state index contributed by atoms with van der Waals surface area (Å²) in [5.74, 6) is 0.0260. The number of carboxylic acid groups (broad SMARTS) is 1. The van der Waals surface area contributed by atoms with Crippen LogP contribution in [0, 0.1) is 11.8 Å². The van der Waals surface area contributed by atoms with Gasteiger partial charge in [-0.25, -0.2) is 4.79 Å². The third-order valence-electron chi connectivity index (χ3n) is 4.30. The van der Waals surface area contributed by atoms with E-state index in [-0.39, 0.29) is 11.8 Å². The van der Waals surface area contributed by atoms with Gasteiger partial charge in [0.2, 0.25) is 5.91 Å². The second-order valence-corrected chi connectivity index (χ2v) is 7.63. The Balaban J connectivity index is 1.65. The van der Waals surface area contributed by atoms with Crippen LogP contribution >= 0.6 is 23.1 Å². The van der Waals surface area contributed by atoms with Gasteiger partial charge in [0.05, 0.1) is 9.96 Å². The van der Waals surface area contributed by atoms with Crippen LogP contribution in [0.2, 0.25) is 0 Å². The summed E-state index contributed by atoms with van der Waals surface area (Å²) in [4.78, 5) is 25.4. The number of amides is 1. The molecule has 2 aliphatic rings. The van der Waals surface area contributed by atoms with E-state index in [2.05, 4.69) is 0 Å². The molecule has 1 aromatic rings. The van der Waals surface area contributed by atoms with Crippen molar-refractivity contribution in [3.63, 3.8) is 0 Å². The number of likely N-dealkylation sites (tertiary alicyclic amines) is 1. The molecule has 1 aromatic heterocycles. The van der Waals surface area contributed by atoms with E-state index in [1.54, 1.807) is 16.2 Å². The average Bonchev–Trinajstić information content (AvgIpc) is 3.10. The van der Waals surface area contributed by atoms with Gasteiger partial charge in [0.25, 0.3) is 0 Å². The lowest BCUT2D eigenvalue weighted by atomic mass is 9.94. The maximum Gasteiger partial charge on any atom is 0.326 e. The minimum atomic E-state index is -0.839. The lowest BCUT2D eigenvalue weighted by molar-refractivity contribution is -0.148. The first kappa shape index (κ1) is 13.9. The number of fused-ring (bicyclic) bond motifs is 1. The van der Waals surface area contributed by atoms with Crippen molar-refractivity contribution in [1.82, 2.24) is 4.90 Å². The number of carbonyl (C=O) groups is 2. The Labute approximate surface area is 126 Å². The molecule has 108 valence electrons. The molecule has 2 fully saturated rings. The molecule has 3 atom stereocenters. The highest BCUT2D eigenvalue weighted by Crippen LogP contribution is 2.42. The molecule has 3 rings (SSSR count). The summed E-state index contributed by atoms with van der Waals surface area (Å²) in [6.07, 6.45) is 3.12. The predicted octanol–water partition coefficient (Wildman–Crippen LogP) is 2.55. The van der Waals surface area contributed by atoms with Crippen LogP contribution in [0.1, 0.15) is 19.3 Å². The van der Waals surface area contributed by atoms with Crippen LogP contribution in [0.3, 0.4) is 0 Å². The lowest BCUT2D eigenvalue weighted by Crippen LogP contribution is -2.44. The van der Waals surface area contributed by atoms with Gasteiger partial charge in [-0.2, -0.15) is 0 Å². The third kappa shape index (κ3) is 2.59. The molecule has 0 spiro atoms. The quantitative estimate of drug-likeness (QED) is 0.868. The van der Waals surface area contributed by atoms with Gasteiger partial charge in [0, 0.05) is 6.54 Å². The molecule has 0 bridgehead atoms. The normalized spacial score (nSPS) is 28.6. The topological polar surface area (TPSA) is 57.6 Å². The SMILES string of the molecule is O=C(O)C1C2CCCC2CN1C(=O)CSc1cccs1. The van der Waals surface area contributed by atoms with Crippen LogP contribution in [-0.2, 0) is 9.59 Å². The third-order valence-corrected chi connectivity index (χ3v) is 6.41. The number of hydrogen-bond donors (Lipinski definition) is 1. The Morgan fingerprint density at radius 2 is 2.30 bits per heavy atom. The van der Waals surface area contributed by atoms with Crippen LogP contribution in [0.15, 0.2) is 21.7 Å². The van der Waals surface area contributed by atoms with Gasteiger partial charge in [-0.1, -0.05) is 12.5 Å². The molecule has 1 N–H and O–H groups in total. The second-order valence-electron chi connectivity index (χ2n) is 5.40. The molecule has 2 heterocycles. The Kier molecular flexibility index (Phi) is 4.03. The minimum Gasteiger partial charge on any atom is -0.480 e. The minimum absolute atomic E-state index is 0.0369. The number of carbonyl (C=O) groups excluding carboxylic acids is 1. The Morgan fingerprint density at radius 3 is 3.00 bits per heavy atom. The smallest absolute Gasteiger partial charge is 0.326 e. The largest absolute Gasteiger partial charge is 0.480 e. The zero-order valence-electron chi connectivity index (χ0n) is 11.0. The fourth-order valence-electron chi connectivity index (χ4n) is 3.44. The molecule has 1 aliphatic heterocycles. The summed E-state index contributed by atoms with van der Waals surface area (Å²) >= 11 is 3.11. The highest BCUT2D eigenvalue weighted by atomic mass is 32.2. The summed E-state index contributed by atoms with van der Waals surface area (Å²) in [5.41, 5.74) is 0. The van der Waals surface area contributed by atoms with Gasteiger partial charge < -0.3 is 10.0 Å². The van der Waals surface area contributed by atoms with E-state index in [9.17, 15) is 14.7 Å². The molecule has 1 saturated heterocycles. The number of thiophene rings is 1. The van der Waals surface area contributed by atoms with Gasteiger partial charge in [0.15, 0.2) is 0 Å². The van der Waals surface area contributed by atoms with Gasteiger partial charge in [-0.05, 0) is 36.1 Å². The van der Waals surface area contributed by atoms with E-state index in [1.807, 2.05) is 17.5 Å². The number of thioether (sulfide) groups is 1. The molecule has 4 nitrogen and oxygen atoms in total. The molecular weight excluding hydrogens is 294 g/mol. The van der Waals surface area contributed by atoms with Crippen LogP contribution in [0.5, 0.6) is 0 Å². The molecule has 20 heavy (non-hydrogen) atoms. The van der Waals surface area contributed by atoms with Gasteiger partial charge in [0.1, 0.15) is 6.04 Å². The number of nitrogens with zero attached hydrogens (tertiary/aromatic N) is 1. The number of carboxylic acids is 1.